The van der Waals surface area contributed by atoms with E-state index in [2.05, 4.69) is 35.9 Å². The molecule has 0 radical (unpaired) electrons. The molecule has 0 amide bonds. The molecule has 3 aromatic rings. The predicted octanol–water partition coefficient (Wildman–Crippen LogP) is 2.14. The zero-order valence-electron chi connectivity index (χ0n) is 15.8. The lowest BCUT2D eigenvalue weighted by Gasteiger charge is -2.26. The van der Waals surface area contributed by atoms with E-state index in [0.29, 0.717) is 22.5 Å². The van der Waals surface area contributed by atoms with Crippen LogP contribution in [0.4, 0.5) is 23.0 Å². The van der Waals surface area contributed by atoms with Crippen molar-refractivity contribution in [3.05, 3.63) is 40.4 Å². The van der Waals surface area contributed by atoms with E-state index in [0.717, 1.165) is 45.8 Å². The van der Waals surface area contributed by atoms with Crippen molar-refractivity contribution in [1.82, 2.24) is 25.3 Å². The molecule has 0 atom stereocenters. The Balaban J connectivity index is 1.41. The Morgan fingerprint density at radius 1 is 1.17 bits per heavy atom. The van der Waals surface area contributed by atoms with Crippen LogP contribution in [0.5, 0.6) is 0 Å². The van der Waals surface area contributed by atoms with Crippen LogP contribution in [-0.4, -0.2) is 69.6 Å². The quantitative estimate of drug-likeness (QED) is 0.296. The van der Waals surface area contributed by atoms with Crippen molar-refractivity contribution in [2.75, 3.05) is 50.0 Å². The number of H-pyrrole nitrogens is 1. The van der Waals surface area contributed by atoms with Crippen LogP contribution in [0.2, 0.25) is 0 Å². The number of hydrogen-bond acceptors (Lipinski definition) is 9. The topological polar surface area (TPSA) is 134 Å². The van der Waals surface area contributed by atoms with Crippen LogP contribution >= 0.6 is 0 Å². The highest BCUT2D eigenvalue weighted by molar-refractivity contribution is 5.80. The number of benzene rings is 1. The number of nitrogens with one attached hydrogen (secondary N) is 3. The molecule has 0 unspecified atom stereocenters. The van der Waals surface area contributed by atoms with E-state index in [1.807, 2.05) is 0 Å². The van der Waals surface area contributed by atoms with E-state index in [1.54, 1.807) is 24.3 Å². The third-order valence-corrected chi connectivity index (χ3v) is 4.71. The fourth-order valence-corrected chi connectivity index (χ4v) is 3.19. The number of aromatic nitrogens is 4. The largest absolute Gasteiger partial charge is 0.379 e. The van der Waals surface area contributed by atoms with Gasteiger partial charge in [0.2, 0.25) is 5.82 Å². The highest BCUT2D eigenvalue weighted by Crippen LogP contribution is 2.28. The van der Waals surface area contributed by atoms with Crippen LogP contribution in [0, 0.1) is 10.1 Å². The molecule has 1 aliphatic rings. The minimum absolute atomic E-state index is 0.0934. The summed E-state index contributed by atoms with van der Waals surface area (Å²) in [7, 11) is 0. The molecule has 1 saturated heterocycles. The van der Waals surface area contributed by atoms with Gasteiger partial charge in [-0.15, -0.1) is 0 Å². The van der Waals surface area contributed by atoms with Gasteiger partial charge in [-0.25, -0.2) is 4.98 Å². The maximum atomic E-state index is 11.4. The van der Waals surface area contributed by atoms with Crippen molar-refractivity contribution < 1.29 is 9.66 Å². The molecular formula is C18H22N8O3. The minimum Gasteiger partial charge on any atom is -0.379 e. The molecule has 1 fully saturated rings. The zero-order chi connectivity index (χ0) is 20.1. The van der Waals surface area contributed by atoms with Gasteiger partial charge in [0, 0.05) is 31.4 Å². The monoisotopic (exact) mass is 398 g/mol. The van der Waals surface area contributed by atoms with Crippen molar-refractivity contribution in [2.45, 2.75) is 6.42 Å². The third-order valence-electron chi connectivity index (χ3n) is 4.71. The molecule has 3 heterocycles. The highest BCUT2D eigenvalue weighted by atomic mass is 16.6. The highest BCUT2D eigenvalue weighted by Gasteiger charge is 2.17. The van der Waals surface area contributed by atoms with Crippen molar-refractivity contribution in [3.8, 4) is 0 Å². The SMILES string of the molecule is O=[N+]([O-])c1ccc(NCCCN2CCOCC2)nc1Nc1ccc2n[nH]nc2c1. The van der Waals surface area contributed by atoms with E-state index < -0.39 is 4.92 Å². The lowest BCUT2D eigenvalue weighted by Crippen LogP contribution is -2.37. The Labute approximate surface area is 166 Å². The summed E-state index contributed by atoms with van der Waals surface area (Å²) < 4.78 is 5.35. The molecule has 29 heavy (non-hydrogen) atoms. The third kappa shape index (κ3) is 4.76. The van der Waals surface area contributed by atoms with E-state index in [1.165, 1.54) is 6.07 Å². The van der Waals surface area contributed by atoms with Gasteiger partial charge in [0.1, 0.15) is 16.9 Å². The fourth-order valence-electron chi connectivity index (χ4n) is 3.19. The summed E-state index contributed by atoms with van der Waals surface area (Å²) in [6, 6.07) is 8.39. The summed E-state index contributed by atoms with van der Waals surface area (Å²) in [4.78, 5) is 17.7. The summed E-state index contributed by atoms with van der Waals surface area (Å²) in [5, 5.41) is 28.2. The summed E-state index contributed by atoms with van der Waals surface area (Å²) >= 11 is 0. The first-order chi connectivity index (χ1) is 14.2. The first kappa shape index (κ1) is 19.0. The van der Waals surface area contributed by atoms with E-state index in [4.69, 9.17) is 4.74 Å². The van der Waals surface area contributed by atoms with Crippen LogP contribution in [0.15, 0.2) is 30.3 Å². The summed E-state index contributed by atoms with van der Waals surface area (Å²) in [5.74, 6) is 0.763. The van der Waals surface area contributed by atoms with Crippen molar-refractivity contribution in [1.29, 1.82) is 0 Å². The molecule has 4 rings (SSSR count). The molecule has 0 saturated carbocycles. The number of nitrogens with zero attached hydrogens (tertiary/aromatic N) is 5. The average molecular weight is 398 g/mol. The van der Waals surface area contributed by atoms with Crippen LogP contribution in [0.1, 0.15) is 6.42 Å². The predicted molar refractivity (Wildman–Crippen MR) is 108 cm³/mol. The summed E-state index contributed by atoms with van der Waals surface area (Å²) in [6.45, 7) is 5.19. The summed E-state index contributed by atoms with van der Waals surface area (Å²) in [5.41, 5.74) is 1.93. The molecule has 11 nitrogen and oxygen atoms in total. The van der Waals surface area contributed by atoms with Crippen LogP contribution in [-0.2, 0) is 4.74 Å². The number of fused-ring (bicyclic) bond motifs is 1. The molecular weight excluding hydrogens is 376 g/mol. The number of nitro groups is 1. The van der Waals surface area contributed by atoms with Gasteiger partial charge in [-0.3, -0.25) is 15.0 Å². The van der Waals surface area contributed by atoms with Gasteiger partial charge in [0.25, 0.3) is 0 Å². The van der Waals surface area contributed by atoms with Crippen molar-refractivity contribution in [3.63, 3.8) is 0 Å². The maximum Gasteiger partial charge on any atom is 0.311 e. The second kappa shape index (κ2) is 8.80. The number of aromatic amines is 1. The van der Waals surface area contributed by atoms with Gasteiger partial charge >= 0.3 is 5.69 Å². The van der Waals surface area contributed by atoms with Crippen LogP contribution < -0.4 is 10.6 Å². The minimum atomic E-state index is -0.452. The maximum absolute atomic E-state index is 11.4. The lowest BCUT2D eigenvalue weighted by molar-refractivity contribution is -0.384. The van der Waals surface area contributed by atoms with Gasteiger partial charge < -0.3 is 15.4 Å². The van der Waals surface area contributed by atoms with E-state index >= 15 is 0 Å². The van der Waals surface area contributed by atoms with Gasteiger partial charge in [0.15, 0.2) is 0 Å². The van der Waals surface area contributed by atoms with Gasteiger partial charge in [0.05, 0.1) is 18.1 Å². The second-order valence-electron chi connectivity index (χ2n) is 6.71. The molecule has 3 N–H and O–H groups in total. The number of ether oxygens (including phenoxy) is 1. The molecule has 0 aliphatic carbocycles. The van der Waals surface area contributed by atoms with Gasteiger partial charge in [-0.1, -0.05) is 0 Å². The Morgan fingerprint density at radius 3 is 2.83 bits per heavy atom. The Bertz CT molecular complexity index is 986. The van der Waals surface area contributed by atoms with E-state index in [9.17, 15) is 10.1 Å². The molecule has 0 spiro atoms. The zero-order valence-corrected chi connectivity index (χ0v) is 15.8. The molecule has 152 valence electrons. The van der Waals surface area contributed by atoms with Gasteiger partial charge in [-0.05, 0) is 37.2 Å². The first-order valence-corrected chi connectivity index (χ1v) is 9.46. The Morgan fingerprint density at radius 2 is 2.00 bits per heavy atom. The fraction of sp³-hybridized carbons (Fsp3) is 0.389. The molecule has 11 heteroatoms. The number of morpholine rings is 1. The number of rotatable bonds is 8. The molecule has 0 bridgehead atoms. The van der Waals surface area contributed by atoms with Crippen molar-refractivity contribution >= 4 is 34.0 Å². The van der Waals surface area contributed by atoms with Gasteiger partial charge in [-0.2, -0.15) is 15.4 Å². The normalized spacial score (nSPS) is 14.8. The Hall–Kier alpha value is -3.31. The first-order valence-electron chi connectivity index (χ1n) is 9.46. The number of pyridine rings is 1. The van der Waals surface area contributed by atoms with E-state index in [-0.39, 0.29) is 11.5 Å². The smallest absolute Gasteiger partial charge is 0.311 e. The molecule has 1 aliphatic heterocycles. The van der Waals surface area contributed by atoms with Crippen LogP contribution in [0.25, 0.3) is 11.0 Å². The number of anilines is 3. The second-order valence-corrected chi connectivity index (χ2v) is 6.71. The summed E-state index contributed by atoms with van der Waals surface area (Å²) in [6.07, 6.45) is 0.949. The molecule has 2 aromatic heterocycles. The Kier molecular flexibility index (Phi) is 5.77. The van der Waals surface area contributed by atoms with Crippen molar-refractivity contribution in [2.24, 2.45) is 0 Å². The average Bonchev–Trinajstić information content (AvgIpc) is 3.20. The van der Waals surface area contributed by atoms with Crippen LogP contribution in [0.3, 0.4) is 0 Å². The number of hydrogen-bond donors (Lipinski definition) is 3. The standard InChI is InChI=1S/C18H22N8O3/c27-26(28)16-4-5-17(19-6-1-7-25-8-10-29-11-9-25)21-18(16)20-13-2-3-14-15(12-13)23-24-22-14/h2-5,12H,1,6-11H2,(H2,19,20,21)(H,22,23,24). The molecule has 1 aromatic carbocycles. The lowest BCUT2D eigenvalue weighted by atomic mass is 10.2.